The third kappa shape index (κ3) is 7.09. The summed E-state index contributed by atoms with van der Waals surface area (Å²) < 4.78 is 22.7. The fourth-order valence-corrected chi connectivity index (χ4v) is 2.07. The van der Waals surface area contributed by atoms with Crippen LogP contribution in [0.5, 0.6) is 0 Å². The van der Waals surface area contributed by atoms with Gasteiger partial charge < -0.3 is 9.27 Å². The minimum Gasteiger partial charge on any atom is -0.755 e. The van der Waals surface area contributed by atoms with Crippen LogP contribution in [0, 0.1) is 6.92 Å². The molecular weight excluding hydrogens is 341 g/mol. The fourth-order valence-electron chi connectivity index (χ4n) is 1.50. The van der Waals surface area contributed by atoms with Crippen LogP contribution in [0.2, 0.25) is 10.0 Å². The van der Waals surface area contributed by atoms with Crippen LogP contribution in [-0.2, 0) is 11.3 Å². The van der Waals surface area contributed by atoms with Crippen molar-refractivity contribution in [1.29, 1.82) is 0 Å². The van der Waals surface area contributed by atoms with Crippen LogP contribution < -0.4 is 4.72 Å². The van der Waals surface area contributed by atoms with Crippen LogP contribution in [0.3, 0.4) is 0 Å². The lowest BCUT2D eigenvalue weighted by Gasteiger charge is -2.06. The third-order valence-electron chi connectivity index (χ3n) is 2.69. The maximum absolute atomic E-state index is 10.3. The van der Waals surface area contributed by atoms with Gasteiger partial charge in [-0.2, -0.15) is 0 Å². The number of allylic oxidation sites excluding steroid dienone is 1. The molecule has 22 heavy (non-hydrogen) atoms. The summed E-state index contributed by atoms with van der Waals surface area (Å²) in [5.41, 5.74) is 2.88. The molecule has 2 aromatic rings. The molecule has 6 heteroatoms. The van der Waals surface area contributed by atoms with E-state index in [9.17, 15) is 8.76 Å². The van der Waals surface area contributed by atoms with Crippen LogP contribution in [0.25, 0.3) is 5.57 Å². The van der Waals surface area contributed by atoms with Crippen molar-refractivity contribution in [1.82, 2.24) is 4.72 Å². The number of rotatable bonds is 3. The molecule has 0 amide bonds. The van der Waals surface area contributed by atoms with Gasteiger partial charge in [0, 0.05) is 17.5 Å². The predicted octanol–water partition coefficient (Wildman–Crippen LogP) is 4.73. The molecule has 0 aliphatic heterocycles. The van der Waals surface area contributed by atoms with Crippen LogP contribution >= 0.6 is 23.2 Å². The highest BCUT2D eigenvalue weighted by molar-refractivity contribution is 7.77. The summed E-state index contributed by atoms with van der Waals surface area (Å²) >= 11 is 9.26. The zero-order valence-corrected chi connectivity index (χ0v) is 14.5. The first kappa shape index (κ1) is 18.7. The molecule has 118 valence electrons. The van der Waals surface area contributed by atoms with Gasteiger partial charge in [0.2, 0.25) is 0 Å². The van der Waals surface area contributed by atoms with Gasteiger partial charge in [0.1, 0.15) is 0 Å². The Hall–Kier alpha value is -1.33. The number of hydrogen-bond donors (Lipinski definition) is 1. The number of benzene rings is 2. The van der Waals surface area contributed by atoms with Gasteiger partial charge in [0.15, 0.2) is 0 Å². The van der Waals surface area contributed by atoms with Crippen LogP contribution in [-0.4, -0.2) is 8.76 Å². The summed E-state index contributed by atoms with van der Waals surface area (Å²) in [4.78, 5) is 0. The maximum Gasteiger partial charge on any atom is 0.0598 e. The molecule has 0 spiro atoms. The predicted molar refractivity (Wildman–Crippen MR) is 93.3 cm³/mol. The van der Waals surface area contributed by atoms with Crippen molar-refractivity contribution in [2.75, 3.05) is 0 Å². The Labute approximate surface area is 143 Å². The standard InChI is InChI=1S/C9H9Cl2NO2S.C7H8/c1-6(5-12-15(13)14)7-2-3-8(10)9(11)4-7;1-7-5-3-2-4-6-7/h2-5,12H,1H3,(H,13,14);2-6H,1H3/p-1. The molecule has 0 aromatic heterocycles. The first-order chi connectivity index (χ1) is 10.4. The van der Waals surface area contributed by atoms with Crippen LogP contribution in [0.1, 0.15) is 18.1 Å². The normalized spacial score (nSPS) is 12.1. The van der Waals surface area contributed by atoms with Crippen molar-refractivity contribution in [2.45, 2.75) is 13.8 Å². The van der Waals surface area contributed by atoms with Crippen molar-refractivity contribution in [2.24, 2.45) is 0 Å². The van der Waals surface area contributed by atoms with Gasteiger partial charge >= 0.3 is 0 Å². The Morgan fingerprint density at radius 2 is 1.77 bits per heavy atom. The molecule has 0 fully saturated rings. The van der Waals surface area contributed by atoms with E-state index in [1.807, 2.05) is 18.2 Å². The van der Waals surface area contributed by atoms with E-state index < -0.39 is 11.3 Å². The van der Waals surface area contributed by atoms with Crippen LogP contribution in [0.4, 0.5) is 0 Å². The van der Waals surface area contributed by atoms with Gasteiger partial charge in [-0.3, -0.25) is 4.21 Å². The molecule has 2 aromatic carbocycles. The highest BCUT2D eigenvalue weighted by Gasteiger charge is 2.00. The van der Waals surface area contributed by atoms with Gasteiger partial charge in [-0.15, -0.1) is 0 Å². The zero-order valence-electron chi connectivity index (χ0n) is 12.2. The molecule has 0 saturated carbocycles. The van der Waals surface area contributed by atoms with E-state index in [1.54, 1.807) is 25.1 Å². The molecular formula is C16H16Cl2NO2S-. The summed E-state index contributed by atoms with van der Waals surface area (Å²) in [5.74, 6) is 0. The first-order valence-electron chi connectivity index (χ1n) is 6.39. The summed E-state index contributed by atoms with van der Waals surface area (Å²) in [6.07, 6.45) is 1.38. The Kier molecular flexibility index (Phi) is 8.20. The topological polar surface area (TPSA) is 52.2 Å². The van der Waals surface area contributed by atoms with E-state index in [4.69, 9.17) is 23.2 Å². The average molecular weight is 357 g/mol. The van der Waals surface area contributed by atoms with E-state index in [1.165, 1.54) is 11.8 Å². The Morgan fingerprint density at radius 3 is 2.23 bits per heavy atom. The molecule has 0 radical (unpaired) electrons. The quantitative estimate of drug-likeness (QED) is 0.807. The minimum atomic E-state index is -2.31. The first-order valence-corrected chi connectivity index (χ1v) is 8.22. The van der Waals surface area contributed by atoms with Crippen molar-refractivity contribution in [3.8, 4) is 0 Å². The summed E-state index contributed by atoms with van der Waals surface area (Å²) in [5, 5.41) is 0.902. The van der Waals surface area contributed by atoms with E-state index in [0.29, 0.717) is 10.0 Å². The molecule has 1 atom stereocenters. The van der Waals surface area contributed by atoms with Crippen molar-refractivity contribution >= 4 is 40.0 Å². The second-order valence-electron chi connectivity index (χ2n) is 4.46. The minimum absolute atomic E-state index is 0.435. The Balaban J connectivity index is 0.000000287. The molecule has 0 saturated heterocycles. The highest BCUT2D eigenvalue weighted by Crippen LogP contribution is 2.25. The second kappa shape index (κ2) is 9.64. The Morgan fingerprint density at radius 1 is 1.14 bits per heavy atom. The number of halogens is 2. The van der Waals surface area contributed by atoms with Gasteiger partial charge in [-0.05, 0) is 37.1 Å². The fraction of sp³-hybridized carbons (Fsp3) is 0.125. The van der Waals surface area contributed by atoms with Crippen molar-refractivity contribution < 1.29 is 8.76 Å². The lowest BCUT2D eigenvalue weighted by atomic mass is 10.1. The molecule has 1 unspecified atom stereocenters. The molecule has 0 aliphatic carbocycles. The third-order valence-corrected chi connectivity index (χ3v) is 3.74. The number of hydrogen-bond acceptors (Lipinski definition) is 2. The number of aryl methyl sites for hydroxylation is 1. The van der Waals surface area contributed by atoms with Crippen molar-refractivity contribution in [3.05, 3.63) is 75.9 Å². The molecule has 0 aliphatic rings. The summed E-state index contributed by atoms with van der Waals surface area (Å²) in [6.45, 7) is 3.85. The van der Waals surface area contributed by atoms with E-state index in [0.717, 1.165) is 11.1 Å². The monoisotopic (exact) mass is 356 g/mol. The summed E-state index contributed by atoms with van der Waals surface area (Å²) in [6, 6.07) is 15.4. The molecule has 0 bridgehead atoms. The van der Waals surface area contributed by atoms with Gasteiger partial charge in [0.05, 0.1) is 10.0 Å². The number of nitrogens with one attached hydrogen (secondary N) is 1. The van der Waals surface area contributed by atoms with Gasteiger partial charge in [0.25, 0.3) is 0 Å². The second-order valence-corrected chi connectivity index (χ2v) is 5.98. The SMILES string of the molecule is CC(=CNS(=O)[O-])c1ccc(Cl)c(Cl)c1.Cc1ccccc1. The smallest absolute Gasteiger partial charge is 0.0598 e. The van der Waals surface area contributed by atoms with E-state index >= 15 is 0 Å². The molecule has 3 nitrogen and oxygen atoms in total. The van der Waals surface area contributed by atoms with E-state index in [-0.39, 0.29) is 0 Å². The maximum atomic E-state index is 10.3. The van der Waals surface area contributed by atoms with Gasteiger partial charge in [-0.25, -0.2) is 0 Å². The molecule has 0 heterocycles. The van der Waals surface area contributed by atoms with Crippen molar-refractivity contribution in [3.63, 3.8) is 0 Å². The average Bonchev–Trinajstić information content (AvgIpc) is 2.49. The largest absolute Gasteiger partial charge is 0.755 e. The lowest BCUT2D eigenvalue weighted by molar-refractivity contribution is 0.531. The highest BCUT2D eigenvalue weighted by atomic mass is 35.5. The van der Waals surface area contributed by atoms with Gasteiger partial charge in [-0.1, -0.05) is 65.2 Å². The molecule has 1 N–H and O–H groups in total. The lowest BCUT2D eigenvalue weighted by Crippen LogP contribution is -2.08. The van der Waals surface area contributed by atoms with Crippen LogP contribution in [0.15, 0.2) is 54.7 Å². The molecule has 2 rings (SSSR count). The summed E-state index contributed by atoms with van der Waals surface area (Å²) in [7, 11) is 0. The van der Waals surface area contributed by atoms with E-state index in [2.05, 4.69) is 23.8 Å². The zero-order chi connectivity index (χ0) is 16.5. The Bertz CT molecular complexity index is 660.